The quantitative estimate of drug-likeness (QED) is 0.676. The van der Waals surface area contributed by atoms with E-state index in [0.717, 1.165) is 44.9 Å². The van der Waals surface area contributed by atoms with E-state index < -0.39 is 22.4 Å². The van der Waals surface area contributed by atoms with Crippen LogP contribution in [-0.2, 0) is 6.18 Å². The number of rotatable bonds is 4. The molecular formula is C14H17F3N4O2. The molecule has 0 amide bonds. The van der Waals surface area contributed by atoms with E-state index in [4.69, 9.17) is 0 Å². The Morgan fingerprint density at radius 3 is 2.48 bits per heavy atom. The summed E-state index contributed by atoms with van der Waals surface area (Å²) in [5.41, 5.74) is -1.43. The van der Waals surface area contributed by atoms with Crippen molar-refractivity contribution < 1.29 is 18.1 Å². The fourth-order valence-electron chi connectivity index (χ4n) is 3.15. The van der Waals surface area contributed by atoms with E-state index in [0.29, 0.717) is 12.6 Å². The first-order valence-corrected chi connectivity index (χ1v) is 7.40. The lowest BCUT2D eigenvalue weighted by atomic mass is 10.1. The molecule has 9 heteroatoms. The van der Waals surface area contributed by atoms with Crippen molar-refractivity contribution in [3.8, 4) is 0 Å². The number of alkyl halides is 3. The van der Waals surface area contributed by atoms with E-state index in [1.165, 1.54) is 0 Å². The zero-order chi connectivity index (χ0) is 16.6. The molecule has 4 rings (SSSR count). The van der Waals surface area contributed by atoms with Gasteiger partial charge in [0.25, 0.3) is 5.69 Å². The molecule has 3 aliphatic rings. The molecule has 126 valence electrons. The minimum Gasteiger partial charge on any atom is -0.378 e. The molecule has 1 aromatic carbocycles. The smallest absolute Gasteiger partial charge is 0.378 e. The molecule has 2 bridgehead atoms. The molecule has 1 N–H and O–H groups in total. The van der Waals surface area contributed by atoms with Crippen molar-refractivity contribution in [2.24, 2.45) is 0 Å². The molecule has 0 radical (unpaired) electrons. The second kappa shape index (κ2) is 5.97. The number of nitro groups is 1. The monoisotopic (exact) mass is 330 g/mol. The van der Waals surface area contributed by atoms with Gasteiger partial charge in [-0.2, -0.15) is 13.2 Å². The number of hydrogen-bond acceptors (Lipinski definition) is 5. The third-order valence-electron chi connectivity index (χ3n) is 4.44. The maximum atomic E-state index is 12.7. The van der Waals surface area contributed by atoms with E-state index >= 15 is 0 Å². The summed E-state index contributed by atoms with van der Waals surface area (Å²) in [6, 6.07) is 2.81. The number of anilines is 1. The van der Waals surface area contributed by atoms with Crippen LogP contribution in [0.5, 0.6) is 0 Å². The minimum absolute atomic E-state index is 0.126. The summed E-state index contributed by atoms with van der Waals surface area (Å²) in [6.45, 7) is 5.32. The van der Waals surface area contributed by atoms with Crippen LogP contribution in [0, 0.1) is 10.1 Å². The third-order valence-corrected chi connectivity index (χ3v) is 4.44. The van der Waals surface area contributed by atoms with Gasteiger partial charge in [0.1, 0.15) is 5.69 Å². The van der Waals surface area contributed by atoms with Crippen LogP contribution in [0.2, 0.25) is 0 Å². The first-order chi connectivity index (χ1) is 10.8. The van der Waals surface area contributed by atoms with Crippen LogP contribution in [0.4, 0.5) is 24.5 Å². The summed E-state index contributed by atoms with van der Waals surface area (Å²) in [7, 11) is 0. The molecule has 3 heterocycles. The van der Waals surface area contributed by atoms with E-state index in [-0.39, 0.29) is 11.7 Å². The van der Waals surface area contributed by atoms with Crippen molar-refractivity contribution in [2.75, 3.05) is 44.6 Å². The molecule has 0 aromatic heterocycles. The van der Waals surface area contributed by atoms with E-state index in [9.17, 15) is 23.3 Å². The number of halogens is 3. The first-order valence-electron chi connectivity index (χ1n) is 7.40. The molecule has 1 aromatic rings. The van der Waals surface area contributed by atoms with Crippen molar-refractivity contribution in [3.63, 3.8) is 0 Å². The molecule has 0 spiro atoms. The minimum atomic E-state index is -4.59. The first kappa shape index (κ1) is 16.0. The highest BCUT2D eigenvalue weighted by molar-refractivity contribution is 5.63. The molecule has 3 fully saturated rings. The fourth-order valence-corrected chi connectivity index (χ4v) is 3.15. The van der Waals surface area contributed by atoms with Crippen LogP contribution in [0.15, 0.2) is 18.2 Å². The average molecular weight is 330 g/mol. The van der Waals surface area contributed by atoms with Gasteiger partial charge < -0.3 is 5.32 Å². The second-order valence-electron chi connectivity index (χ2n) is 5.86. The molecule has 3 aliphatic heterocycles. The van der Waals surface area contributed by atoms with Crippen molar-refractivity contribution in [1.82, 2.24) is 9.80 Å². The van der Waals surface area contributed by atoms with E-state index in [1.807, 2.05) is 0 Å². The summed E-state index contributed by atoms with van der Waals surface area (Å²) in [5, 5.41) is 14.0. The average Bonchev–Trinajstić information content (AvgIpc) is 2.53. The van der Waals surface area contributed by atoms with Gasteiger partial charge in [-0.3, -0.25) is 19.9 Å². The molecule has 3 saturated heterocycles. The van der Waals surface area contributed by atoms with Gasteiger partial charge in [-0.1, -0.05) is 0 Å². The lowest BCUT2D eigenvalue weighted by Crippen LogP contribution is -2.62. The predicted octanol–water partition coefficient (Wildman–Crippen LogP) is 2.03. The molecule has 0 saturated carbocycles. The molecular weight excluding hydrogens is 313 g/mol. The van der Waals surface area contributed by atoms with Crippen molar-refractivity contribution >= 4 is 11.4 Å². The van der Waals surface area contributed by atoms with Crippen LogP contribution in [0.25, 0.3) is 0 Å². The number of nitrogens with one attached hydrogen (secondary N) is 1. The fraction of sp³-hybridized carbons (Fsp3) is 0.571. The van der Waals surface area contributed by atoms with Gasteiger partial charge in [-0.05, 0) is 12.1 Å². The van der Waals surface area contributed by atoms with Gasteiger partial charge in [-0.15, -0.1) is 0 Å². The largest absolute Gasteiger partial charge is 0.416 e. The zero-order valence-electron chi connectivity index (χ0n) is 12.3. The Morgan fingerprint density at radius 1 is 1.26 bits per heavy atom. The van der Waals surface area contributed by atoms with Crippen LogP contribution in [0.3, 0.4) is 0 Å². The number of nitro benzene ring substituents is 1. The van der Waals surface area contributed by atoms with Gasteiger partial charge in [-0.25, -0.2) is 0 Å². The lowest BCUT2D eigenvalue weighted by Gasteiger charge is -2.47. The van der Waals surface area contributed by atoms with Crippen LogP contribution < -0.4 is 5.32 Å². The second-order valence-corrected chi connectivity index (χ2v) is 5.86. The van der Waals surface area contributed by atoms with E-state index in [1.54, 1.807) is 0 Å². The molecule has 0 aliphatic carbocycles. The number of nitrogens with zero attached hydrogens (tertiary/aromatic N) is 3. The maximum absolute atomic E-state index is 12.7. The molecule has 1 atom stereocenters. The van der Waals surface area contributed by atoms with E-state index in [2.05, 4.69) is 15.1 Å². The Morgan fingerprint density at radius 2 is 1.96 bits per heavy atom. The number of benzene rings is 1. The van der Waals surface area contributed by atoms with Gasteiger partial charge in [0.15, 0.2) is 0 Å². The Bertz CT molecular complexity index is 600. The summed E-state index contributed by atoms with van der Waals surface area (Å²) in [5.74, 6) is 0. The number of fused-ring (bicyclic) bond motifs is 3. The zero-order valence-corrected chi connectivity index (χ0v) is 12.3. The highest BCUT2D eigenvalue weighted by Crippen LogP contribution is 2.35. The summed E-state index contributed by atoms with van der Waals surface area (Å²) < 4.78 is 38.1. The van der Waals surface area contributed by atoms with Crippen LogP contribution in [0.1, 0.15) is 5.56 Å². The topological polar surface area (TPSA) is 61.7 Å². The summed E-state index contributed by atoms with van der Waals surface area (Å²) >= 11 is 0. The Balaban J connectivity index is 1.73. The highest BCUT2D eigenvalue weighted by atomic mass is 19.4. The Labute approximate surface area is 131 Å². The predicted molar refractivity (Wildman–Crippen MR) is 78.4 cm³/mol. The molecule has 23 heavy (non-hydrogen) atoms. The van der Waals surface area contributed by atoms with Crippen LogP contribution in [-0.4, -0.2) is 60.0 Å². The number of piperazine rings is 3. The van der Waals surface area contributed by atoms with Gasteiger partial charge in [0.2, 0.25) is 0 Å². The van der Waals surface area contributed by atoms with Crippen molar-refractivity contribution in [1.29, 1.82) is 0 Å². The summed E-state index contributed by atoms with van der Waals surface area (Å²) in [4.78, 5) is 14.9. The van der Waals surface area contributed by atoms with Crippen LogP contribution >= 0.6 is 0 Å². The standard InChI is InChI=1S/C14H17F3N4O2/c15-14(16,17)10-1-2-12(13(7-10)21(22)23)18-8-11-9-19-3-5-20(11)6-4-19/h1-2,7,11,18H,3-6,8-9H2. The highest BCUT2D eigenvalue weighted by Gasteiger charge is 2.34. The van der Waals surface area contributed by atoms with Gasteiger partial charge in [0.05, 0.1) is 10.5 Å². The van der Waals surface area contributed by atoms with Crippen molar-refractivity contribution in [3.05, 3.63) is 33.9 Å². The number of hydrogen-bond donors (Lipinski definition) is 1. The Kier molecular flexibility index (Phi) is 4.15. The Hall–Kier alpha value is -1.87. The van der Waals surface area contributed by atoms with Gasteiger partial charge in [0, 0.05) is 51.4 Å². The normalized spacial score (nSPS) is 27.0. The van der Waals surface area contributed by atoms with Crippen molar-refractivity contribution in [2.45, 2.75) is 12.2 Å². The molecule has 1 unspecified atom stereocenters. The SMILES string of the molecule is O=[N+]([O-])c1cc(C(F)(F)F)ccc1NCC1CN2CCN1CC2. The van der Waals surface area contributed by atoms with Gasteiger partial charge >= 0.3 is 6.18 Å². The maximum Gasteiger partial charge on any atom is 0.416 e. The summed E-state index contributed by atoms with van der Waals surface area (Å²) in [6.07, 6.45) is -4.59. The molecule has 6 nitrogen and oxygen atoms in total. The lowest BCUT2D eigenvalue weighted by molar-refractivity contribution is -0.384. The third kappa shape index (κ3) is 3.40.